The van der Waals surface area contributed by atoms with Gasteiger partial charge in [-0.25, -0.2) is 0 Å². The van der Waals surface area contributed by atoms with Gasteiger partial charge in [-0.2, -0.15) is 0 Å². The molecule has 0 spiro atoms. The van der Waals surface area contributed by atoms with Crippen molar-refractivity contribution in [1.82, 2.24) is 0 Å². The Balaban J connectivity index is 2.19. The predicted molar refractivity (Wildman–Crippen MR) is 33.5 cm³/mol. The van der Waals surface area contributed by atoms with E-state index in [1.807, 2.05) is 0 Å². The lowest BCUT2D eigenvalue weighted by Gasteiger charge is -2.34. The maximum atomic E-state index is 3.17. The van der Waals surface area contributed by atoms with Crippen molar-refractivity contribution in [3.8, 4) is 0 Å². The van der Waals surface area contributed by atoms with Crippen LogP contribution in [0.25, 0.3) is 0 Å². The maximum Gasteiger partial charge on any atom is -0.0126 e. The number of fused-ring (bicyclic) bond motifs is 1. The van der Waals surface area contributed by atoms with Crippen LogP contribution in [0.2, 0.25) is 0 Å². The van der Waals surface area contributed by atoms with E-state index in [1.54, 1.807) is 0 Å². The van der Waals surface area contributed by atoms with E-state index in [-0.39, 0.29) is 0 Å². The third kappa shape index (κ3) is 0.468. The van der Waals surface area contributed by atoms with Crippen molar-refractivity contribution in [1.29, 1.82) is 0 Å². The first kappa shape index (κ1) is 4.40. The van der Waals surface area contributed by atoms with Crippen molar-refractivity contribution in [2.24, 2.45) is 11.8 Å². The van der Waals surface area contributed by atoms with E-state index in [1.165, 1.54) is 19.3 Å². The highest BCUT2D eigenvalue weighted by Crippen LogP contribution is 2.39. The van der Waals surface area contributed by atoms with Gasteiger partial charge in [-0.15, -0.1) is 5.73 Å². The lowest BCUT2D eigenvalue weighted by atomic mass is 9.70. The maximum absolute atomic E-state index is 3.17. The molecule has 2 aliphatic rings. The summed E-state index contributed by atoms with van der Waals surface area (Å²) in [7, 11) is 0. The SMILES string of the molecule is C1=CCC2CCC2C=1. The topological polar surface area (TPSA) is 0 Å². The molecule has 0 aliphatic heterocycles. The Hall–Kier alpha value is -0.480. The summed E-state index contributed by atoms with van der Waals surface area (Å²) < 4.78 is 0. The molecule has 0 saturated heterocycles. The molecule has 0 radical (unpaired) electrons. The average Bonchev–Trinajstić information content (AvgIpc) is 1.72. The largest absolute Gasteiger partial charge is 0.129 e. The molecule has 0 nitrogen and oxygen atoms in total. The first-order valence-electron chi connectivity index (χ1n) is 3.38. The highest BCUT2D eigenvalue weighted by Gasteiger charge is 2.28. The van der Waals surface area contributed by atoms with Gasteiger partial charge in [-0.3, -0.25) is 0 Å². The number of hydrogen-bond acceptors (Lipinski definition) is 0. The Morgan fingerprint density at radius 2 is 2.38 bits per heavy atom. The van der Waals surface area contributed by atoms with E-state index in [0.717, 1.165) is 11.8 Å². The molecule has 0 heteroatoms. The summed E-state index contributed by atoms with van der Waals surface area (Å²) in [5, 5.41) is 0. The standard InChI is InChI=1S/C8H10/c1-2-4-8-6-5-7(8)3-1/h1,4,7-8H,3,5-6H2. The third-order valence-electron chi connectivity index (χ3n) is 2.33. The Morgan fingerprint density at radius 3 is 2.75 bits per heavy atom. The van der Waals surface area contributed by atoms with Gasteiger partial charge in [0.1, 0.15) is 0 Å². The summed E-state index contributed by atoms with van der Waals surface area (Å²) in [4.78, 5) is 0. The molecule has 1 fully saturated rings. The number of hydrogen-bond donors (Lipinski definition) is 0. The zero-order chi connectivity index (χ0) is 5.40. The van der Waals surface area contributed by atoms with Gasteiger partial charge in [0.25, 0.3) is 0 Å². The Kier molecular flexibility index (Phi) is 0.824. The minimum Gasteiger partial charge on any atom is -0.129 e. The summed E-state index contributed by atoms with van der Waals surface area (Å²) in [5.41, 5.74) is 3.17. The van der Waals surface area contributed by atoms with Crippen LogP contribution >= 0.6 is 0 Å². The molecule has 1 saturated carbocycles. The van der Waals surface area contributed by atoms with Gasteiger partial charge in [0, 0.05) is 0 Å². The van der Waals surface area contributed by atoms with E-state index in [2.05, 4.69) is 17.9 Å². The predicted octanol–water partition coefficient (Wildman–Crippen LogP) is 2.13. The quantitative estimate of drug-likeness (QED) is 0.415. The lowest BCUT2D eigenvalue weighted by Crippen LogP contribution is -2.24. The summed E-state index contributed by atoms with van der Waals surface area (Å²) in [6.45, 7) is 0. The molecular formula is C8H10. The van der Waals surface area contributed by atoms with Crippen molar-refractivity contribution < 1.29 is 0 Å². The highest BCUT2D eigenvalue weighted by molar-refractivity contribution is 5.04. The molecule has 0 amide bonds. The van der Waals surface area contributed by atoms with Crippen LogP contribution in [0.15, 0.2) is 17.9 Å². The zero-order valence-electron chi connectivity index (χ0n) is 4.93. The second kappa shape index (κ2) is 1.50. The highest BCUT2D eigenvalue weighted by atomic mass is 14.3. The Bertz CT molecular complexity index is 149. The monoisotopic (exact) mass is 106 g/mol. The van der Waals surface area contributed by atoms with E-state index in [4.69, 9.17) is 0 Å². The third-order valence-corrected chi connectivity index (χ3v) is 2.33. The first-order valence-corrected chi connectivity index (χ1v) is 3.38. The average molecular weight is 106 g/mol. The molecule has 0 N–H and O–H groups in total. The zero-order valence-corrected chi connectivity index (χ0v) is 4.93. The molecule has 0 aromatic heterocycles. The number of allylic oxidation sites excluding steroid dienone is 1. The molecule has 2 rings (SSSR count). The molecule has 2 unspecified atom stereocenters. The van der Waals surface area contributed by atoms with E-state index in [0.29, 0.717) is 0 Å². The molecule has 0 aromatic carbocycles. The second-order valence-electron chi connectivity index (χ2n) is 2.77. The van der Waals surface area contributed by atoms with E-state index >= 15 is 0 Å². The first-order chi connectivity index (χ1) is 3.97. The van der Waals surface area contributed by atoms with Crippen LogP contribution in [-0.4, -0.2) is 0 Å². The van der Waals surface area contributed by atoms with Gasteiger partial charge in [0.2, 0.25) is 0 Å². The van der Waals surface area contributed by atoms with E-state index < -0.39 is 0 Å². The molecule has 0 heterocycles. The van der Waals surface area contributed by atoms with Gasteiger partial charge in [0.15, 0.2) is 0 Å². The van der Waals surface area contributed by atoms with Crippen LogP contribution in [0.5, 0.6) is 0 Å². The van der Waals surface area contributed by atoms with Crippen LogP contribution in [0.4, 0.5) is 0 Å². The number of rotatable bonds is 0. The molecule has 8 heavy (non-hydrogen) atoms. The summed E-state index contributed by atoms with van der Waals surface area (Å²) >= 11 is 0. The molecule has 2 aliphatic carbocycles. The van der Waals surface area contributed by atoms with Crippen LogP contribution in [0, 0.1) is 11.8 Å². The van der Waals surface area contributed by atoms with Gasteiger partial charge >= 0.3 is 0 Å². The smallest absolute Gasteiger partial charge is 0.0126 e. The van der Waals surface area contributed by atoms with Crippen LogP contribution in [-0.2, 0) is 0 Å². The van der Waals surface area contributed by atoms with Crippen LogP contribution in [0.1, 0.15) is 19.3 Å². The summed E-state index contributed by atoms with van der Waals surface area (Å²) in [5.74, 6) is 1.93. The Labute approximate surface area is 49.9 Å². The van der Waals surface area contributed by atoms with Crippen molar-refractivity contribution in [3.63, 3.8) is 0 Å². The molecular weight excluding hydrogens is 96.1 g/mol. The fourth-order valence-electron chi connectivity index (χ4n) is 1.52. The fourth-order valence-corrected chi connectivity index (χ4v) is 1.52. The minimum atomic E-state index is 0.917. The van der Waals surface area contributed by atoms with Gasteiger partial charge < -0.3 is 0 Å². The van der Waals surface area contributed by atoms with Gasteiger partial charge in [0.05, 0.1) is 0 Å². The van der Waals surface area contributed by atoms with E-state index in [9.17, 15) is 0 Å². The van der Waals surface area contributed by atoms with Gasteiger partial charge in [-0.05, 0) is 43.3 Å². The van der Waals surface area contributed by atoms with Crippen molar-refractivity contribution in [2.75, 3.05) is 0 Å². The normalized spacial score (nSPS) is 41.0. The molecule has 0 aromatic rings. The van der Waals surface area contributed by atoms with Crippen molar-refractivity contribution in [2.45, 2.75) is 19.3 Å². The minimum absolute atomic E-state index is 0.917. The Morgan fingerprint density at radius 1 is 1.38 bits per heavy atom. The fraction of sp³-hybridized carbons (Fsp3) is 0.625. The molecule has 42 valence electrons. The van der Waals surface area contributed by atoms with Crippen molar-refractivity contribution >= 4 is 0 Å². The molecule has 2 atom stereocenters. The van der Waals surface area contributed by atoms with Crippen molar-refractivity contribution in [3.05, 3.63) is 17.9 Å². The van der Waals surface area contributed by atoms with Crippen LogP contribution in [0.3, 0.4) is 0 Å². The molecule has 0 bridgehead atoms. The van der Waals surface area contributed by atoms with Crippen LogP contribution < -0.4 is 0 Å². The summed E-state index contributed by atoms with van der Waals surface area (Å²) in [6, 6.07) is 0. The lowest BCUT2D eigenvalue weighted by molar-refractivity contribution is 0.226. The van der Waals surface area contributed by atoms with Gasteiger partial charge in [-0.1, -0.05) is 0 Å². The summed E-state index contributed by atoms with van der Waals surface area (Å²) in [6.07, 6.45) is 8.57. The second-order valence-corrected chi connectivity index (χ2v) is 2.77.